The Morgan fingerprint density at radius 1 is 1.00 bits per heavy atom. The van der Waals surface area contributed by atoms with Crippen molar-refractivity contribution in [2.24, 2.45) is 0 Å². The summed E-state index contributed by atoms with van der Waals surface area (Å²) in [4.78, 5) is 4.34. The predicted molar refractivity (Wildman–Crippen MR) is 94.9 cm³/mol. The lowest BCUT2D eigenvalue weighted by Crippen LogP contribution is -2.13. The van der Waals surface area contributed by atoms with Crippen LogP contribution in [0.5, 0.6) is 0 Å². The Hall–Kier alpha value is -2.12. The highest BCUT2D eigenvalue weighted by Crippen LogP contribution is 2.28. The first-order valence-electron chi connectivity index (χ1n) is 7.52. The fourth-order valence-electron chi connectivity index (χ4n) is 2.37. The molecule has 3 aromatic rings. The molecule has 0 fully saturated rings. The molecule has 0 saturated carbocycles. The van der Waals surface area contributed by atoms with Gasteiger partial charge in [-0.1, -0.05) is 12.1 Å². The first kappa shape index (κ1) is 17.7. The maximum absolute atomic E-state index is 13.0. The van der Waals surface area contributed by atoms with Crippen molar-refractivity contribution in [1.82, 2.24) is 4.98 Å². The molecule has 3 nitrogen and oxygen atoms in total. The van der Waals surface area contributed by atoms with Gasteiger partial charge in [0.1, 0.15) is 16.6 Å². The predicted octanol–water partition coefficient (Wildman–Crippen LogP) is 4.76. The molecular formula is C18H15F2NO2S2. The second-order valence-corrected chi connectivity index (χ2v) is 8.83. The van der Waals surface area contributed by atoms with Crippen molar-refractivity contribution in [2.75, 3.05) is 0 Å². The molecule has 25 heavy (non-hydrogen) atoms. The Labute approximate surface area is 148 Å². The second kappa shape index (κ2) is 7.01. The highest BCUT2D eigenvalue weighted by Gasteiger charge is 2.24. The van der Waals surface area contributed by atoms with Crippen LogP contribution in [0.2, 0.25) is 0 Å². The molecular weight excluding hydrogens is 364 g/mol. The zero-order chi connectivity index (χ0) is 18.0. The van der Waals surface area contributed by atoms with Gasteiger partial charge in [0, 0.05) is 10.9 Å². The van der Waals surface area contributed by atoms with Crippen molar-refractivity contribution in [3.05, 3.63) is 76.8 Å². The lowest BCUT2D eigenvalue weighted by atomic mass is 10.2. The normalized spacial score (nSPS) is 12.9. The minimum atomic E-state index is -3.49. The van der Waals surface area contributed by atoms with Gasteiger partial charge in [0.2, 0.25) is 0 Å². The van der Waals surface area contributed by atoms with E-state index in [1.165, 1.54) is 47.7 Å². The van der Waals surface area contributed by atoms with Gasteiger partial charge in [-0.25, -0.2) is 22.2 Å². The smallest absolute Gasteiger partial charge is 0.162 e. The van der Waals surface area contributed by atoms with Crippen LogP contribution in [0.4, 0.5) is 8.78 Å². The lowest BCUT2D eigenvalue weighted by molar-refractivity contribution is 0.584. The maximum Gasteiger partial charge on any atom is 0.162 e. The van der Waals surface area contributed by atoms with Gasteiger partial charge in [0.15, 0.2) is 9.84 Å². The number of aromatic nitrogens is 1. The average molecular weight is 379 g/mol. The van der Waals surface area contributed by atoms with Crippen LogP contribution in [0.25, 0.3) is 10.6 Å². The lowest BCUT2D eigenvalue weighted by Gasteiger charge is -2.12. The molecule has 0 bridgehead atoms. The Bertz CT molecular complexity index is 965. The van der Waals surface area contributed by atoms with Crippen LogP contribution < -0.4 is 0 Å². The summed E-state index contributed by atoms with van der Waals surface area (Å²) in [6.45, 7) is 1.58. The molecule has 0 aliphatic carbocycles. The largest absolute Gasteiger partial charge is 0.240 e. The van der Waals surface area contributed by atoms with Gasteiger partial charge in [0.05, 0.1) is 16.7 Å². The van der Waals surface area contributed by atoms with Crippen LogP contribution in [0.3, 0.4) is 0 Å². The van der Waals surface area contributed by atoms with Crippen LogP contribution in [0.1, 0.15) is 23.4 Å². The SMILES string of the molecule is CC(c1ccc(F)cc1)S(=O)(=O)Cc1csc(-c2ccc(F)cc2)n1. The number of halogens is 2. The highest BCUT2D eigenvalue weighted by molar-refractivity contribution is 7.90. The Kier molecular flexibility index (Phi) is 4.96. The summed E-state index contributed by atoms with van der Waals surface area (Å²) < 4.78 is 51.2. The van der Waals surface area contributed by atoms with E-state index in [0.717, 1.165) is 5.56 Å². The fourth-order valence-corrected chi connectivity index (χ4v) is 4.68. The Morgan fingerprint density at radius 2 is 1.56 bits per heavy atom. The zero-order valence-electron chi connectivity index (χ0n) is 13.3. The number of nitrogens with zero attached hydrogens (tertiary/aromatic N) is 1. The molecule has 3 rings (SSSR count). The summed E-state index contributed by atoms with van der Waals surface area (Å²) >= 11 is 1.31. The number of hydrogen-bond donors (Lipinski definition) is 0. The average Bonchev–Trinajstić information content (AvgIpc) is 3.03. The molecule has 0 saturated heterocycles. The third kappa shape index (κ3) is 4.11. The van der Waals surface area contributed by atoms with E-state index in [9.17, 15) is 17.2 Å². The molecule has 2 aromatic carbocycles. The van der Waals surface area contributed by atoms with Crippen LogP contribution in [0.15, 0.2) is 53.9 Å². The summed E-state index contributed by atoms with van der Waals surface area (Å²) in [6, 6.07) is 11.3. The number of sulfone groups is 1. The van der Waals surface area contributed by atoms with E-state index in [4.69, 9.17) is 0 Å². The van der Waals surface area contributed by atoms with Gasteiger partial charge in [-0.05, 0) is 48.9 Å². The van der Waals surface area contributed by atoms with Gasteiger partial charge in [-0.2, -0.15) is 0 Å². The van der Waals surface area contributed by atoms with Crippen molar-refractivity contribution in [1.29, 1.82) is 0 Å². The molecule has 0 amide bonds. The molecule has 1 atom stereocenters. The second-order valence-electron chi connectivity index (χ2n) is 5.65. The van der Waals surface area contributed by atoms with E-state index >= 15 is 0 Å². The maximum atomic E-state index is 13.0. The number of hydrogen-bond acceptors (Lipinski definition) is 4. The molecule has 130 valence electrons. The quantitative estimate of drug-likeness (QED) is 0.642. The zero-order valence-corrected chi connectivity index (χ0v) is 14.9. The summed E-state index contributed by atoms with van der Waals surface area (Å²) in [5.41, 5.74) is 1.72. The molecule has 0 radical (unpaired) electrons. The van der Waals surface area contributed by atoms with Crippen LogP contribution in [0, 0.1) is 11.6 Å². The molecule has 0 spiro atoms. The van der Waals surface area contributed by atoms with E-state index in [-0.39, 0.29) is 11.6 Å². The number of benzene rings is 2. The van der Waals surface area contributed by atoms with E-state index in [2.05, 4.69) is 4.98 Å². The van der Waals surface area contributed by atoms with Crippen molar-refractivity contribution in [2.45, 2.75) is 17.9 Å². The van der Waals surface area contributed by atoms with E-state index in [0.29, 0.717) is 16.3 Å². The third-order valence-corrected chi connectivity index (χ3v) is 6.86. The van der Waals surface area contributed by atoms with Gasteiger partial charge < -0.3 is 0 Å². The van der Waals surface area contributed by atoms with Crippen molar-refractivity contribution in [3.63, 3.8) is 0 Å². The van der Waals surface area contributed by atoms with Crippen molar-refractivity contribution < 1.29 is 17.2 Å². The molecule has 0 aliphatic heterocycles. The summed E-state index contributed by atoms with van der Waals surface area (Å²) in [7, 11) is -3.49. The molecule has 0 N–H and O–H groups in total. The number of rotatable bonds is 5. The number of thiazole rings is 1. The molecule has 7 heteroatoms. The van der Waals surface area contributed by atoms with Gasteiger partial charge >= 0.3 is 0 Å². The van der Waals surface area contributed by atoms with Gasteiger partial charge in [-0.15, -0.1) is 11.3 Å². The van der Waals surface area contributed by atoms with Crippen LogP contribution >= 0.6 is 11.3 Å². The monoisotopic (exact) mass is 379 g/mol. The summed E-state index contributed by atoms with van der Waals surface area (Å²) in [6.07, 6.45) is 0. The van der Waals surface area contributed by atoms with E-state index < -0.39 is 20.9 Å². The Morgan fingerprint density at radius 3 is 2.16 bits per heavy atom. The van der Waals surface area contributed by atoms with E-state index in [1.807, 2.05) is 0 Å². The van der Waals surface area contributed by atoms with Crippen molar-refractivity contribution >= 4 is 21.2 Å². The first-order chi connectivity index (χ1) is 11.8. The third-order valence-electron chi connectivity index (χ3n) is 3.87. The summed E-state index contributed by atoms with van der Waals surface area (Å²) in [5, 5.41) is 1.57. The summed E-state index contributed by atoms with van der Waals surface area (Å²) in [5.74, 6) is -0.948. The topological polar surface area (TPSA) is 47.0 Å². The minimum Gasteiger partial charge on any atom is -0.240 e. The van der Waals surface area contributed by atoms with Crippen molar-refractivity contribution in [3.8, 4) is 10.6 Å². The minimum absolute atomic E-state index is 0.205. The fraction of sp³-hybridized carbons (Fsp3) is 0.167. The van der Waals surface area contributed by atoms with Crippen LogP contribution in [-0.2, 0) is 15.6 Å². The highest BCUT2D eigenvalue weighted by atomic mass is 32.2. The van der Waals surface area contributed by atoms with E-state index in [1.54, 1.807) is 24.4 Å². The van der Waals surface area contributed by atoms with Crippen LogP contribution in [-0.4, -0.2) is 13.4 Å². The molecule has 0 aliphatic rings. The molecule has 1 aromatic heterocycles. The molecule has 1 unspecified atom stereocenters. The Balaban J connectivity index is 1.79. The van der Waals surface area contributed by atoms with Gasteiger partial charge in [-0.3, -0.25) is 0 Å². The van der Waals surface area contributed by atoms with Gasteiger partial charge in [0.25, 0.3) is 0 Å². The standard InChI is InChI=1S/C18H15F2NO2S2/c1-12(13-2-6-15(19)7-3-13)25(22,23)11-17-10-24-18(21-17)14-4-8-16(20)9-5-14/h2-10,12H,11H2,1H3. The first-order valence-corrected chi connectivity index (χ1v) is 10.1. The molecule has 1 heterocycles.